The molecule has 1 aromatic carbocycles. The molecule has 7 nitrogen and oxygen atoms in total. The van der Waals surface area contributed by atoms with E-state index in [4.69, 9.17) is 0 Å². The summed E-state index contributed by atoms with van der Waals surface area (Å²) < 4.78 is 27.8. The Morgan fingerprint density at radius 3 is 2.36 bits per heavy atom. The van der Waals surface area contributed by atoms with Gasteiger partial charge in [-0.25, -0.2) is 8.42 Å². The Labute approximate surface area is 199 Å². The number of piperazine rings is 1. The molecule has 0 unspecified atom stereocenters. The summed E-state index contributed by atoms with van der Waals surface area (Å²) in [5, 5.41) is 3.13. The summed E-state index contributed by atoms with van der Waals surface area (Å²) in [6.45, 7) is 11.4. The van der Waals surface area contributed by atoms with Crippen molar-refractivity contribution in [3.63, 3.8) is 0 Å². The smallest absolute Gasteiger partial charge is 0.243 e. The van der Waals surface area contributed by atoms with E-state index in [0.717, 1.165) is 44.3 Å². The van der Waals surface area contributed by atoms with Gasteiger partial charge in [-0.2, -0.15) is 4.31 Å². The number of carbonyl (C=O) groups excluding carboxylic acids is 1. The van der Waals surface area contributed by atoms with E-state index >= 15 is 0 Å². The zero-order valence-electron chi connectivity index (χ0n) is 20.4. The number of benzene rings is 1. The molecule has 2 bridgehead atoms. The number of hydrogen-bond donors (Lipinski definition) is 1. The first-order chi connectivity index (χ1) is 15.8. The lowest BCUT2D eigenvalue weighted by atomic mass is 9.86. The Morgan fingerprint density at radius 2 is 1.79 bits per heavy atom. The number of hydrogen-bond acceptors (Lipinski definition) is 5. The standard InChI is InChI=1S/C25H40N4O3S/c1-4-27-11-13-28(14-12-27)24-10-9-22(33(31,32)29(5-2)6-3)18-23(24)26-25(30)17-21-16-19-7-8-20(21)15-19/h9-10,18-21H,4-8,11-17H2,1-3H3,(H,26,30)/t19-,20-,21-/m0/s1. The molecule has 8 heteroatoms. The van der Waals surface area contributed by atoms with Crippen LogP contribution in [0.5, 0.6) is 0 Å². The Bertz CT molecular complexity index is 939. The highest BCUT2D eigenvalue weighted by atomic mass is 32.2. The second-order valence-electron chi connectivity index (χ2n) is 9.88. The summed E-state index contributed by atoms with van der Waals surface area (Å²) in [4.78, 5) is 18.0. The van der Waals surface area contributed by atoms with E-state index in [1.165, 1.54) is 30.0 Å². The largest absolute Gasteiger partial charge is 0.367 e. The first-order valence-electron chi connectivity index (χ1n) is 12.8. The van der Waals surface area contributed by atoms with Gasteiger partial charge in [-0.15, -0.1) is 0 Å². The predicted molar refractivity (Wildman–Crippen MR) is 133 cm³/mol. The van der Waals surface area contributed by atoms with Crippen LogP contribution in [0.2, 0.25) is 0 Å². The molecule has 1 amide bonds. The fourth-order valence-corrected chi connectivity index (χ4v) is 7.62. The molecule has 3 atom stereocenters. The predicted octanol–water partition coefficient (Wildman–Crippen LogP) is 3.62. The molecular formula is C25H40N4O3S. The van der Waals surface area contributed by atoms with E-state index in [-0.39, 0.29) is 10.8 Å². The van der Waals surface area contributed by atoms with Crippen molar-refractivity contribution < 1.29 is 13.2 Å². The van der Waals surface area contributed by atoms with E-state index < -0.39 is 10.0 Å². The third-order valence-electron chi connectivity index (χ3n) is 8.08. The van der Waals surface area contributed by atoms with E-state index in [2.05, 4.69) is 22.0 Å². The maximum atomic E-state index is 13.2. The summed E-state index contributed by atoms with van der Waals surface area (Å²) >= 11 is 0. The van der Waals surface area contributed by atoms with Crippen LogP contribution in [0.3, 0.4) is 0 Å². The van der Waals surface area contributed by atoms with Gasteiger partial charge in [0.25, 0.3) is 0 Å². The lowest BCUT2D eigenvalue weighted by Crippen LogP contribution is -2.46. The molecule has 0 aromatic heterocycles. The van der Waals surface area contributed by atoms with Crippen LogP contribution in [0, 0.1) is 17.8 Å². The maximum absolute atomic E-state index is 13.2. The highest BCUT2D eigenvalue weighted by molar-refractivity contribution is 7.89. The zero-order chi connectivity index (χ0) is 23.6. The van der Waals surface area contributed by atoms with Crippen LogP contribution in [-0.4, -0.2) is 69.3 Å². The van der Waals surface area contributed by atoms with Gasteiger partial charge in [-0.05, 0) is 61.8 Å². The van der Waals surface area contributed by atoms with Gasteiger partial charge in [0, 0.05) is 45.7 Å². The van der Waals surface area contributed by atoms with Crippen LogP contribution >= 0.6 is 0 Å². The summed E-state index contributed by atoms with van der Waals surface area (Å²) in [7, 11) is -3.59. The maximum Gasteiger partial charge on any atom is 0.243 e. The zero-order valence-corrected chi connectivity index (χ0v) is 21.2. The molecule has 4 rings (SSSR count). The number of fused-ring (bicyclic) bond motifs is 2. The normalized spacial score (nSPS) is 25.7. The molecule has 1 N–H and O–H groups in total. The van der Waals surface area contributed by atoms with Gasteiger partial charge in [0.05, 0.1) is 16.3 Å². The second kappa shape index (κ2) is 10.3. The summed E-state index contributed by atoms with van der Waals surface area (Å²) in [5.41, 5.74) is 1.55. The average Bonchev–Trinajstić information content (AvgIpc) is 3.43. The molecular weight excluding hydrogens is 436 g/mol. The number of anilines is 2. The molecule has 2 saturated carbocycles. The van der Waals surface area contributed by atoms with Gasteiger partial charge >= 0.3 is 0 Å². The Hall–Kier alpha value is -1.64. The number of rotatable bonds is 9. The fourth-order valence-electron chi connectivity index (χ4n) is 6.13. The number of likely N-dealkylation sites (N-methyl/N-ethyl adjacent to an activating group) is 1. The van der Waals surface area contributed by atoms with Gasteiger partial charge in [-0.1, -0.05) is 27.2 Å². The molecule has 0 spiro atoms. The van der Waals surface area contributed by atoms with Crippen molar-refractivity contribution in [3.05, 3.63) is 18.2 Å². The lowest BCUT2D eigenvalue weighted by molar-refractivity contribution is -0.117. The average molecular weight is 477 g/mol. The van der Waals surface area contributed by atoms with E-state index in [9.17, 15) is 13.2 Å². The Kier molecular flexibility index (Phi) is 7.66. The highest BCUT2D eigenvalue weighted by Gasteiger charge is 2.40. The highest BCUT2D eigenvalue weighted by Crippen LogP contribution is 2.49. The molecule has 1 aliphatic heterocycles. The van der Waals surface area contributed by atoms with Crippen molar-refractivity contribution >= 4 is 27.3 Å². The molecule has 184 valence electrons. The molecule has 1 saturated heterocycles. The van der Waals surface area contributed by atoms with E-state index in [1.54, 1.807) is 12.1 Å². The number of sulfonamides is 1. The van der Waals surface area contributed by atoms with E-state index in [1.807, 2.05) is 19.9 Å². The van der Waals surface area contributed by atoms with Crippen LogP contribution in [0.15, 0.2) is 23.1 Å². The monoisotopic (exact) mass is 476 g/mol. The third kappa shape index (κ3) is 5.23. The van der Waals surface area contributed by atoms with Crippen molar-refractivity contribution in [1.29, 1.82) is 0 Å². The van der Waals surface area contributed by atoms with Gasteiger partial charge in [0.2, 0.25) is 15.9 Å². The molecule has 3 fully saturated rings. The second-order valence-corrected chi connectivity index (χ2v) is 11.8. The molecule has 1 heterocycles. The molecule has 3 aliphatic rings. The summed E-state index contributed by atoms with van der Waals surface area (Å²) in [5.74, 6) is 1.98. The van der Waals surface area contributed by atoms with Crippen molar-refractivity contribution in [2.75, 3.05) is 56.0 Å². The minimum absolute atomic E-state index is 0.0124. The van der Waals surface area contributed by atoms with Crippen LogP contribution in [0.1, 0.15) is 52.9 Å². The van der Waals surface area contributed by atoms with Crippen molar-refractivity contribution in [3.8, 4) is 0 Å². The van der Waals surface area contributed by atoms with Gasteiger partial charge in [-0.3, -0.25) is 4.79 Å². The number of nitrogens with zero attached hydrogens (tertiary/aromatic N) is 3. The number of nitrogens with one attached hydrogen (secondary N) is 1. The first kappa shape index (κ1) is 24.5. The van der Waals surface area contributed by atoms with Crippen LogP contribution in [-0.2, 0) is 14.8 Å². The number of amides is 1. The minimum atomic E-state index is -3.59. The van der Waals surface area contributed by atoms with Crippen LogP contribution in [0.4, 0.5) is 11.4 Å². The Balaban J connectivity index is 1.57. The quantitative estimate of drug-likeness (QED) is 0.589. The van der Waals surface area contributed by atoms with Crippen molar-refractivity contribution in [1.82, 2.24) is 9.21 Å². The van der Waals surface area contributed by atoms with Crippen LogP contribution in [0.25, 0.3) is 0 Å². The summed E-state index contributed by atoms with van der Waals surface area (Å²) in [6.07, 6.45) is 5.56. The van der Waals surface area contributed by atoms with Gasteiger partial charge in [0.1, 0.15) is 0 Å². The molecule has 0 radical (unpaired) electrons. The van der Waals surface area contributed by atoms with Gasteiger partial charge < -0.3 is 15.1 Å². The molecule has 1 aromatic rings. The van der Waals surface area contributed by atoms with E-state index in [0.29, 0.717) is 37.0 Å². The van der Waals surface area contributed by atoms with Crippen molar-refractivity contribution in [2.24, 2.45) is 17.8 Å². The first-order valence-corrected chi connectivity index (χ1v) is 14.2. The molecule has 33 heavy (non-hydrogen) atoms. The Morgan fingerprint density at radius 1 is 1.06 bits per heavy atom. The SMILES string of the molecule is CCN1CCN(c2ccc(S(=O)(=O)N(CC)CC)cc2NC(=O)C[C@@H]2C[C@H]3CC[C@H]2C3)CC1. The van der Waals surface area contributed by atoms with Crippen molar-refractivity contribution in [2.45, 2.75) is 57.8 Å². The third-order valence-corrected chi connectivity index (χ3v) is 10.1. The topological polar surface area (TPSA) is 73.0 Å². The number of carbonyl (C=O) groups is 1. The minimum Gasteiger partial charge on any atom is -0.367 e. The van der Waals surface area contributed by atoms with Crippen LogP contribution < -0.4 is 10.2 Å². The van der Waals surface area contributed by atoms with Gasteiger partial charge in [0.15, 0.2) is 0 Å². The molecule has 2 aliphatic carbocycles. The lowest BCUT2D eigenvalue weighted by Gasteiger charge is -2.36. The summed E-state index contributed by atoms with van der Waals surface area (Å²) in [6, 6.07) is 5.25. The fraction of sp³-hybridized carbons (Fsp3) is 0.720.